The monoisotopic (exact) mass is 409 g/mol. The summed E-state index contributed by atoms with van der Waals surface area (Å²) in [5.74, 6) is 0.436. The quantitative estimate of drug-likeness (QED) is 0.705. The number of nitriles is 2. The van der Waals surface area contributed by atoms with Crippen molar-refractivity contribution in [3.8, 4) is 23.8 Å². The van der Waals surface area contributed by atoms with Gasteiger partial charge in [-0.05, 0) is 36.1 Å². The molecular formula is C25H19N3O3. The summed E-state index contributed by atoms with van der Waals surface area (Å²) in [6, 6.07) is 22.8. The third kappa shape index (κ3) is 2.49. The van der Waals surface area contributed by atoms with Crippen LogP contribution in [0, 0.1) is 22.7 Å². The average Bonchev–Trinajstić information content (AvgIpc) is 3.26. The molecule has 3 atom stereocenters. The maximum absolute atomic E-state index is 12.2. The van der Waals surface area contributed by atoms with E-state index in [0.29, 0.717) is 29.7 Å². The lowest BCUT2D eigenvalue weighted by Gasteiger charge is -2.40. The van der Waals surface area contributed by atoms with Gasteiger partial charge in [0.05, 0.1) is 24.3 Å². The molecule has 2 unspecified atom stereocenters. The van der Waals surface area contributed by atoms with Gasteiger partial charge < -0.3 is 14.6 Å². The molecule has 5 rings (SSSR count). The number of ether oxygens (including phenoxy) is 2. The van der Waals surface area contributed by atoms with E-state index in [1.165, 1.54) is 7.11 Å². The highest BCUT2D eigenvalue weighted by atomic mass is 16.5. The van der Waals surface area contributed by atoms with E-state index >= 15 is 0 Å². The molecule has 2 aromatic carbocycles. The van der Waals surface area contributed by atoms with Crippen LogP contribution in [0.25, 0.3) is 0 Å². The molecule has 1 N–H and O–H groups in total. The molecule has 1 saturated carbocycles. The first-order valence-corrected chi connectivity index (χ1v) is 10.0. The molecule has 1 fully saturated rings. The summed E-state index contributed by atoms with van der Waals surface area (Å²) < 4.78 is 12.1. The minimum atomic E-state index is -1.41. The van der Waals surface area contributed by atoms with E-state index in [1.54, 1.807) is 18.2 Å². The van der Waals surface area contributed by atoms with Crippen molar-refractivity contribution in [1.82, 2.24) is 4.98 Å². The Hall–Kier alpha value is -3.87. The van der Waals surface area contributed by atoms with E-state index in [0.717, 1.165) is 11.1 Å². The van der Waals surface area contributed by atoms with Gasteiger partial charge in [-0.2, -0.15) is 10.5 Å². The fraction of sp³-hybridized carbons (Fsp3) is 0.240. The van der Waals surface area contributed by atoms with Crippen LogP contribution in [-0.4, -0.2) is 17.2 Å². The predicted molar refractivity (Wildman–Crippen MR) is 111 cm³/mol. The second-order valence-electron chi connectivity index (χ2n) is 7.89. The van der Waals surface area contributed by atoms with Gasteiger partial charge in [-0.25, -0.2) is 4.98 Å². The van der Waals surface area contributed by atoms with Gasteiger partial charge in [0, 0.05) is 12.0 Å². The Labute approximate surface area is 179 Å². The van der Waals surface area contributed by atoms with Crippen LogP contribution in [0.2, 0.25) is 0 Å². The predicted octanol–water partition coefficient (Wildman–Crippen LogP) is 3.89. The van der Waals surface area contributed by atoms with E-state index in [-0.39, 0.29) is 17.5 Å². The van der Waals surface area contributed by atoms with Crippen molar-refractivity contribution in [3.05, 3.63) is 88.6 Å². The summed E-state index contributed by atoms with van der Waals surface area (Å²) in [6.45, 7) is 0. The van der Waals surface area contributed by atoms with Gasteiger partial charge in [0.2, 0.25) is 5.88 Å². The van der Waals surface area contributed by atoms with Crippen molar-refractivity contribution in [3.63, 3.8) is 0 Å². The van der Waals surface area contributed by atoms with Crippen LogP contribution in [-0.2, 0) is 11.2 Å². The van der Waals surface area contributed by atoms with Crippen molar-refractivity contribution >= 4 is 0 Å². The molecule has 0 bridgehead atoms. The number of pyridine rings is 1. The van der Waals surface area contributed by atoms with Crippen LogP contribution >= 0.6 is 0 Å². The second kappa shape index (κ2) is 6.84. The molecule has 0 radical (unpaired) electrons. The topological polar surface area (TPSA) is 99.2 Å². The van der Waals surface area contributed by atoms with Gasteiger partial charge in [-0.1, -0.05) is 42.5 Å². The Balaban J connectivity index is 1.79. The molecule has 0 amide bonds. The van der Waals surface area contributed by atoms with Crippen molar-refractivity contribution in [1.29, 1.82) is 10.5 Å². The van der Waals surface area contributed by atoms with E-state index in [2.05, 4.69) is 11.1 Å². The number of methoxy groups -OCH3 is 1. The van der Waals surface area contributed by atoms with Crippen LogP contribution < -0.4 is 9.47 Å². The summed E-state index contributed by atoms with van der Waals surface area (Å²) in [7, 11) is 1.47. The molecule has 6 nitrogen and oxygen atoms in total. The average molecular weight is 409 g/mol. The minimum absolute atomic E-state index is 0.158. The lowest BCUT2D eigenvalue weighted by molar-refractivity contribution is -0.106. The Morgan fingerprint density at radius 2 is 1.84 bits per heavy atom. The van der Waals surface area contributed by atoms with Crippen molar-refractivity contribution < 1.29 is 14.6 Å². The number of rotatable bonds is 3. The van der Waals surface area contributed by atoms with Crippen molar-refractivity contribution in [2.75, 3.05) is 7.11 Å². The molecular weight excluding hydrogens is 390 g/mol. The molecule has 1 aromatic heterocycles. The molecule has 0 saturated heterocycles. The van der Waals surface area contributed by atoms with Gasteiger partial charge in [-0.15, -0.1) is 0 Å². The van der Waals surface area contributed by atoms with E-state index in [1.807, 2.05) is 48.5 Å². The molecule has 3 aromatic rings. The zero-order valence-electron chi connectivity index (χ0n) is 16.9. The SMILES string of the molecule is COc1nc(C#N)cc2c1C1(O)CC[C@@H](c3ccccc3)C1(c1ccc(C#N)cc1)O2. The fourth-order valence-electron chi connectivity index (χ4n) is 5.21. The largest absolute Gasteiger partial charge is 0.481 e. The first kappa shape index (κ1) is 19.1. The van der Waals surface area contributed by atoms with Crippen LogP contribution in [0.5, 0.6) is 11.6 Å². The third-order valence-corrected chi connectivity index (χ3v) is 6.49. The molecule has 152 valence electrons. The van der Waals surface area contributed by atoms with E-state index < -0.39 is 11.2 Å². The minimum Gasteiger partial charge on any atom is -0.481 e. The Kier molecular flexibility index (Phi) is 4.22. The molecule has 2 heterocycles. The lowest BCUT2D eigenvalue weighted by atomic mass is 9.72. The number of fused-ring (bicyclic) bond motifs is 3. The molecule has 1 aliphatic heterocycles. The van der Waals surface area contributed by atoms with E-state index in [9.17, 15) is 15.6 Å². The van der Waals surface area contributed by atoms with Gasteiger partial charge in [0.1, 0.15) is 23.1 Å². The molecule has 1 aliphatic carbocycles. The smallest absolute Gasteiger partial charge is 0.224 e. The lowest BCUT2D eigenvalue weighted by Crippen LogP contribution is -2.48. The van der Waals surface area contributed by atoms with Gasteiger partial charge in [0.25, 0.3) is 0 Å². The van der Waals surface area contributed by atoms with Gasteiger partial charge in [-0.3, -0.25) is 0 Å². The molecule has 2 aliphatic rings. The highest BCUT2D eigenvalue weighted by Crippen LogP contribution is 2.67. The van der Waals surface area contributed by atoms with Gasteiger partial charge >= 0.3 is 0 Å². The van der Waals surface area contributed by atoms with Crippen LogP contribution in [0.15, 0.2) is 60.7 Å². The third-order valence-electron chi connectivity index (χ3n) is 6.49. The van der Waals surface area contributed by atoms with Crippen molar-refractivity contribution in [2.45, 2.75) is 30.0 Å². The Morgan fingerprint density at radius 3 is 2.48 bits per heavy atom. The molecule has 31 heavy (non-hydrogen) atoms. The zero-order valence-corrected chi connectivity index (χ0v) is 16.9. The Morgan fingerprint density at radius 1 is 1.10 bits per heavy atom. The van der Waals surface area contributed by atoms with E-state index in [4.69, 9.17) is 9.47 Å². The number of benzene rings is 2. The highest BCUT2D eigenvalue weighted by Gasteiger charge is 2.69. The number of aliphatic hydroxyl groups is 1. The van der Waals surface area contributed by atoms with Crippen LogP contribution in [0.4, 0.5) is 0 Å². The summed E-state index contributed by atoms with van der Waals surface area (Å²) in [5.41, 5.74) is 0.402. The molecule has 6 heteroatoms. The number of hydrogen-bond acceptors (Lipinski definition) is 6. The number of nitrogens with zero attached hydrogens (tertiary/aromatic N) is 3. The molecule has 0 spiro atoms. The summed E-state index contributed by atoms with van der Waals surface area (Å²) >= 11 is 0. The Bertz CT molecular complexity index is 1240. The summed E-state index contributed by atoms with van der Waals surface area (Å²) in [5, 5.41) is 30.9. The van der Waals surface area contributed by atoms with Gasteiger partial charge in [0.15, 0.2) is 5.60 Å². The maximum atomic E-state index is 12.2. The standard InChI is InChI=1S/C25H19N3O3/c1-30-23-22-21(13-19(15-27)28-23)31-25(18-9-7-16(14-26)8-10-18)20(11-12-24(22,25)29)17-5-3-2-4-6-17/h2-10,13,20,29H,11-12H2,1H3/t20-,24?,25?/m0/s1. The zero-order chi connectivity index (χ0) is 21.6. The second-order valence-corrected chi connectivity index (χ2v) is 7.89. The number of hydrogen-bond donors (Lipinski definition) is 1. The summed E-state index contributed by atoms with van der Waals surface area (Å²) in [6.07, 6.45) is 1.12. The van der Waals surface area contributed by atoms with Crippen LogP contribution in [0.1, 0.15) is 46.7 Å². The highest BCUT2D eigenvalue weighted by molar-refractivity contribution is 5.58. The maximum Gasteiger partial charge on any atom is 0.224 e. The normalized spacial score (nSPS) is 25.6. The fourth-order valence-corrected chi connectivity index (χ4v) is 5.21. The summed E-state index contributed by atoms with van der Waals surface area (Å²) in [4.78, 5) is 4.27. The first-order chi connectivity index (χ1) is 15.1. The van der Waals surface area contributed by atoms with Crippen LogP contribution in [0.3, 0.4) is 0 Å². The first-order valence-electron chi connectivity index (χ1n) is 10.0. The number of aromatic nitrogens is 1. The van der Waals surface area contributed by atoms with Crippen molar-refractivity contribution in [2.24, 2.45) is 0 Å².